The van der Waals surface area contributed by atoms with Crippen LogP contribution in [-0.4, -0.2) is 65.5 Å². The Hall–Kier alpha value is -5.19. The fraction of sp³-hybridized carbons (Fsp3) is 0.361. The monoisotopic (exact) mass is 642 g/mol. The maximum Gasteiger partial charge on any atom is 0.410 e. The van der Waals surface area contributed by atoms with Crippen LogP contribution in [0.3, 0.4) is 0 Å². The molecule has 1 saturated heterocycles. The third-order valence-corrected chi connectivity index (χ3v) is 8.02. The number of amides is 4. The van der Waals surface area contributed by atoms with Gasteiger partial charge in [-0.3, -0.25) is 14.5 Å². The molecule has 1 aliphatic heterocycles. The molecule has 4 amide bonds. The van der Waals surface area contributed by atoms with Gasteiger partial charge in [-0.2, -0.15) is 0 Å². The number of nitrogens with zero attached hydrogens (tertiary/aromatic N) is 2. The smallest absolute Gasteiger partial charge is 0.410 e. The van der Waals surface area contributed by atoms with Crippen LogP contribution < -0.4 is 15.5 Å². The number of rotatable bonds is 10. The van der Waals surface area contributed by atoms with E-state index in [-0.39, 0.29) is 23.6 Å². The number of piperidine rings is 1. The van der Waals surface area contributed by atoms with E-state index in [1.54, 1.807) is 68.1 Å². The topological polar surface area (TPSA) is 145 Å². The molecule has 11 nitrogen and oxygen atoms in total. The van der Waals surface area contributed by atoms with Crippen molar-refractivity contribution in [2.45, 2.75) is 53.2 Å². The van der Waals surface area contributed by atoms with E-state index < -0.39 is 47.9 Å². The highest BCUT2D eigenvalue weighted by Crippen LogP contribution is 2.34. The number of urea groups is 1. The largest absolute Gasteiger partial charge is 0.480 e. The lowest BCUT2D eigenvalue weighted by molar-refractivity contribution is -0.142. The van der Waals surface area contributed by atoms with Crippen LogP contribution in [0.25, 0.3) is 0 Å². The number of likely N-dealkylation sites (tertiary alicyclic amines) is 1. The number of carboxylic acid groups (broad SMARTS) is 1. The van der Waals surface area contributed by atoms with Crippen LogP contribution in [0.15, 0.2) is 78.9 Å². The Labute approximate surface area is 274 Å². The Morgan fingerprint density at radius 3 is 2.23 bits per heavy atom. The second kappa shape index (κ2) is 15.4. The number of Topliss-reactive ketones (excluding diaryl/α,β-unsaturated/α-hetero) is 1. The number of carbonyl (C=O) groups excluding carboxylic acids is 4. The molecule has 3 N–H and O–H groups in total. The van der Waals surface area contributed by atoms with Crippen molar-refractivity contribution in [3.63, 3.8) is 0 Å². The van der Waals surface area contributed by atoms with Crippen LogP contribution in [0.5, 0.6) is 0 Å². The third-order valence-electron chi connectivity index (χ3n) is 8.02. The number of aryl methyl sites for hydroxylation is 1. The lowest BCUT2D eigenvalue weighted by Crippen LogP contribution is -2.55. The zero-order chi connectivity index (χ0) is 34.1. The van der Waals surface area contributed by atoms with Gasteiger partial charge in [-0.1, -0.05) is 75.4 Å². The van der Waals surface area contributed by atoms with Gasteiger partial charge in [0, 0.05) is 30.3 Å². The molecule has 0 aromatic heterocycles. The number of hydrogen-bond acceptors (Lipinski definition) is 6. The summed E-state index contributed by atoms with van der Waals surface area (Å²) >= 11 is 0. The van der Waals surface area contributed by atoms with Gasteiger partial charge >= 0.3 is 18.1 Å². The molecular weight excluding hydrogens is 600 g/mol. The van der Waals surface area contributed by atoms with Crippen molar-refractivity contribution < 1.29 is 33.8 Å². The molecule has 1 atom stereocenters. The highest BCUT2D eigenvalue weighted by molar-refractivity contribution is 6.09. The maximum absolute atomic E-state index is 14.0. The van der Waals surface area contributed by atoms with Crippen molar-refractivity contribution in [1.82, 2.24) is 10.2 Å². The van der Waals surface area contributed by atoms with Gasteiger partial charge in [0.1, 0.15) is 12.6 Å². The number of nitrogens with one attached hydrogen (secondary N) is 2. The fourth-order valence-electron chi connectivity index (χ4n) is 5.67. The third kappa shape index (κ3) is 9.18. The summed E-state index contributed by atoms with van der Waals surface area (Å²) in [6, 6.07) is 20.9. The van der Waals surface area contributed by atoms with Crippen LogP contribution >= 0.6 is 0 Å². The Bertz CT molecular complexity index is 1590. The predicted octanol–water partition coefficient (Wildman–Crippen LogP) is 5.88. The quantitative estimate of drug-likeness (QED) is 0.234. The fourth-order valence-corrected chi connectivity index (χ4v) is 5.67. The van der Waals surface area contributed by atoms with E-state index in [9.17, 15) is 29.1 Å². The minimum absolute atomic E-state index is 0.149. The summed E-state index contributed by atoms with van der Waals surface area (Å²) in [5.41, 5.74) is 1.76. The second-order valence-electron chi connectivity index (χ2n) is 12.7. The summed E-state index contributed by atoms with van der Waals surface area (Å²) in [7, 11) is 0. The molecule has 248 valence electrons. The standard InChI is InChI=1S/C36H42N4O7/c1-24-11-10-14-27(21-24)38-34(45)37-22-30(41)40(32(33(43)44)36(2,3)4)29-16-9-8-15-28(29)31(42)26-17-19-39(20-18-26)35(46)47-23-25-12-6-5-7-13-25/h5-16,21,26,32H,17-20,22-23H2,1-4H3,(H,43,44)(H2,37,38,45). The maximum atomic E-state index is 14.0. The lowest BCUT2D eigenvalue weighted by Gasteiger charge is -2.38. The molecule has 3 aromatic rings. The second-order valence-corrected chi connectivity index (χ2v) is 12.7. The Morgan fingerprint density at radius 1 is 0.936 bits per heavy atom. The molecule has 4 rings (SSSR count). The lowest BCUT2D eigenvalue weighted by atomic mass is 9.84. The molecule has 0 radical (unpaired) electrons. The number of aliphatic carboxylic acids is 1. The van der Waals surface area contributed by atoms with Gasteiger partial charge in [0.05, 0.1) is 12.2 Å². The zero-order valence-electron chi connectivity index (χ0n) is 27.2. The van der Waals surface area contributed by atoms with E-state index in [2.05, 4.69) is 10.6 Å². The number of ether oxygens (including phenoxy) is 1. The first-order chi connectivity index (χ1) is 22.3. The minimum atomic E-state index is -1.35. The van der Waals surface area contributed by atoms with E-state index in [1.165, 1.54) is 0 Å². The van der Waals surface area contributed by atoms with Gasteiger partial charge in [-0.05, 0) is 60.6 Å². The number of carbonyl (C=O) groups is 5. The van der Waals surface area contributed by atoms with Gasteiger partial charge < -0.3 is 25.4 Å². The van der Waals surface area contributed by atoms with Crippen LogP contribution in [0.4, 0.5) is 21.0 Å². The van der Waals surface area contributed by atoms with Crippen molar-refractivity contribution in [2.75, 3.05) is 29.9 Å². The molecule has 0 bridgehead atoms. The average Bonchev–Trinajstić information content (AvgIpc) is 3.04. The Morgan fingerprint density at radius 2 is 1.60 bits per heavy atom. The number of benzene rings is 3. The number of anilines is 2. The van der Waals surface area contributed by atoms with Crippen molar-refractivity contribution in [3.05, 3.63) is 95.6 Å². The van der Waals surface area contributed by atoms with Crippen LogP contribution in [0, 0.1) is 18.3 Å². The first-order valence-corrected chi connectivity index (χ1v) is 15.6. The zero-order valence-corrected chi connectivity index (χ0v) is 27.2. The average molecular weight is 643 g/mol. The van der Waals surface area contributed by atoms with E-state index in [0.717, 1.165) is 16.0 Å². The van der Waals surface area contributed by atoms with Gasteiger partial charge in [-0.25, -0.2) is 14.4 Å². The van der Waals surface area contributed by atoms with Gasteiger partial charge in [0.25, 0.3) is 0 Å². The molecule has 0 aliphatic carbocycles. The van der Waals surface area contributed by atoms with E-state index in [0.29, 0.717) is 31.6 Å². The molecule has 1 fully saturated rings. The number of para-hydroxylation sites is 1. The summed E-state index contributed by atoms with van der Waals surface area (Å²) in [4.78, 5) is 68.5. The molecule has 3 aromatic carbocycles. The summed E-state index contributed by atoms with van der Waals surface area (Å²) in [5.74, 6) is -2.65. The normalized spacial score (nSPS) is 14.1. The SMILES string of the molecule is Cc1cccc(NC(=O)NCC(=O)N(c2ccccc2C(=O)C2CCN(C(=O)OCc3ccccc3)CC2)C(C(=O)O)C(C)(C)C)c1. The molecular formula is C36H42N4O7. The van der Waals surface area contributed by atoms with Crippen molar-refractivity contribution in [3.8, 4) is 0 Å². The minimum Gasteiger partial charge on any atom is -0.480 e. The number of ketones is 1. The van der Waals surface area contributed by atoms with Gasteiger partial charge in [-0.15, -0.1) is 0 Å². The highest BCUT2D eigenvalue weighted by atomic mass is 16.6. The Balaban J connectivity index is 1.50. The molecule has 11 heteroatoms. The van der Waals surface area contributed by atoms with Gasteiger partial charge in [0.2, 0.25) is 5.91 Å². The first kappa shape index (κ1) is 34.7. The predicted molar refractivity (Wildman–Crippen MR) is 178 cm³/mol. The first-order valence-electron chi connectivity index (χ1n) is 15.6. The van der Waals surface area contributed by atoms with Crippen molar-refractivity contribution >= 4 is 41.2 Å². The summed E-state index contributed by atoms with van der Waals surface area (Å²) in [6.45, 7) is 7.23. The molecule has 1 aliphatic rings. The number of carboxylic acids is 1. The van der Waals surface area contributed by atoms with Crippen molar-refractivity contribution in [1.29, 1.82) is 0 Å². The molecule has 1 heterocycles. The van der Waals surface area contributed by atoms with E-state index in [4.69, 9.17) is 4.74 Å². The van der Waals surface area contributed by atoms with Gasteiger partial charge in [0.15, 0.2) is 5.78 Å². The molecule has 1 unspecified atom stereocenters. The summed E-state index contributed by atoms with van der Waals surface area (Å²) in [5, 5.41) is 15.5. The van der Waals surface area contributed by atoms with Crippen molar-refractivity contribution in [2.24, 2.45) is 11.3 Å². The van der Waals surface area contributed by atoms with Crippen LogP contribution in [0.2, 0.25) is 0 Å². The highest BCUT2D eigenvalue weighted by Gasteiger charge is 2.42. The van der Waals surface area contributed by atoms with Crippen LogP contribution in [-0.2, 0) is 20.9 Å². The van der Waals surface area contributed by atoms with E-state index >= 15 is 0 Å². The summed E-state index contributed by atoms with van der Waals surface area (Å²) < 4.78 is 5.45. The number of hydrogen-bond donors (Lipinski definition) is 3. The molecule has 0 spiro atoms. The van der Waals surface area contributed by atoms with E-state index in [1.807, 2.05) is 43.3 Å². The molecule has 47 heavy (non-hydrogen) atoms. The van der Waals surface area contributed by atoms with Crippen LogP contribution in [0.1, 0.15) is 55.1 Å². The molecule has 0 saturated carbocycles. The Kier molecular flexibility index (Phi) is 11.4. The summed E-state index contributed by atoms with van der Waals surface area (Å²) in [6.07, 6.45) is 0.304.